The van der Waals surface area contributed by atoms with Crippen LogP contribution < -0.4 is 15.5 Å². The predicted octanol–water partition coefficient (Wildman–Crippen LogP) is 4.94. The molecule has 1 fully saturated rings. The van der Waals surface area contributed by atoms with Crippen molar-refractivity contribution in [2.75, 3.05) is 43.5 Å². The highest BCUT2D eigenvalue weighted by Gasteiger charge is 2.47. The van der Waals surface area contributed by atoms with Crippen LogP contribution in [0.5, 0.6) is 0 Å². The summed E-state index contributed by atoms with van der Waals surface area (Å²) in [5.41, 5.74) is -0.0260. The summed E-state index contributed by atoms with van der Waals surface area (Å²) in [6.45, 7) is 12.3. The van der Waals surface area contributed by atoms with Gasteiger partial charge >= 0.3 is 12.0 Å². The van der Waals surface area contributed by atoms with Crippen LogP contribution >= 0.6 is 0 Å². The molecule has 1 saturated heterocycles. The molecule has 2 aromatic carbocycles. The number of para-hydroxylation sites is 2. The monoisotopic (exact) mass is 594 g/mol. The zero-order valence-electron chi connectivity index (χ0n) is 26.2. The summed E-state index contributed by atoms with van der Waals surface area (Å²) < 4.78 is 20.2. The summed E-state index contributed by atoms with van der Waals surface area (Å²) in [5.74, 6) is -0.530. The molecule has 0 saturated carbocycles. The van der Waals surface area contributed by atoms with Crippen LogP contribution in [0.2, 0.25) is 0 Å². The van der Waals surface area contributed by atoms with Gasteiger partial charge in [0.15, 0.2) is 0 Å². The normalized spacial score (nSPS) is 19.9. The van der Waals surface area contributed by atoms with Crippen LogP contribution in [0.4, 0.5) is 20.6 Å². The van der Waals surface area contributed by atoms with E-state index < -0.39 is 22.5 Å². The number of carbonyl (C=O) groups excluding carboxylic acids is 4. The first-order valence-electron chi connectivity index (χ1n) is 14.7. The number of fused-ring (bicyclic) bond motifs is 2. The summed E-state index contributed by atoms with van der Waals surface area (Å²) in [6.07, 6.45) is 0.473. The van der Waals surface area contributed by atoms with Gasteiger partial charge in [0.25, 0.3) is 0 Å². The molecule has 4 amide bonds. The molecule has 0 aliphatic carbocycles. The Hall–Kier alpha value is -3.79. The fraction of sp³-hybridized carbons (Fsp3) is 0.515. The Morgan fingerprint density at radius 2 is 1.53 bits per heavy atom. The largest absolute Gasteiger partial charge is 0.469 e. The van der Waals surface area contributed by atoms with Gasteiger partial charge in [0.2, 0.25) is 11.8 Å². The van der Waals surface area contributed by atoms with Crippen molar-refractivity contribution in [2.45, 2.75) is 70.9 Å². The molecule has 232 valence electrons. The molecule has 0 radical (unpaired) electrons. The summed E-state index contributed by atoms with van der Waals surface area (Å²) in [7, 11) is 1.36. The molecule has 0 unspecified atom stereocenters. The number of anilines is 2. The number of hydrogen-bond donors (Lipinski definition) is 2. The second kappa shape index (κ2) is 11.7. The number of likely N-dealkylation sites (tertiary alicyclic amines) is 1. The van der Waals surface area contributed by atoms with E-state index >= 15 is 4.39 Å². The maximum absolute atomic E-state index is 15.4. The smallest absolute Gasteiger partial charge is 0.328 e. The minimum Gasteiger partial charge on any atom is -0.469 e. The quantitative estimate of drug-likeness (QED) is 0.475. The summed E-state index contributed by atoms with van der Waals surface area (Å²) in [4.78, 5) is 52.2. The molecule has 0 spiro atoms. The van der Waals surface area contributed by atoms with E-state index in [2.05, 4.69) is 10.6 Å². The molecule has 0 aromatic heterocycles. The number of imide groups is 1. The molecule has 2 aromatic rings. The fourth-order valence-corrected chi connectivity index (χ4v) is 5.94. The number of rotatable bonds is 5. The van der Waals surface area contributed by atoms with Crippen LogP contribution in [0.1, 0.15) is 65.5 Å². The Bertz CT molecular complexity index is 1410. The van der Waals surface area contributed by atoms with Gasteiger partial charge in [0, 0.05) is 25.3 Å². The zero-order valence-corrected chi connectivity index (χ0v) is 26.2. The van der Waals surface area contributed by atoms with Gasteiger partial charge < -0.3 is 20.3 Å². The van der Waals surface area contributed by atoms with Gasteiger partial charge in [-0.1, -0.05) is 36.4 Å². The maximum Gasteiger partial charge on any atom is 0.328 e. The van der Waals surface area contributed by atoms with Gasteiger partial charge in [-0.2, -0.15) is 0 Å². The molecule has 3 heterocycles. The van der Waals surface area contributed by atoms with Gasteiger partial charge in [0.05, 0.1) is 35.6 Å². The van der Waals surface area contributed by atoms with E-state index in [9.17, 15) is 19.2 Å². The van der Waals surface area contributed by atoms with Crippen LogP contribution in [-0.4, -0.2) is 67.7 Å². The van der Waals surface area contributed by atoms with Crippen molar-refractivity contribution < 1.29 is 28.3 Å². The summed E-state index contributed by atoms with van der Waals surface area (Å²) >= 11 is 0. The summed E-state index contributed by atoms with van der Waals surface area (Å²) in [5, 5.41) is 5.48. The molecule has 10 heteroatoms. The highest BCUT2D eigenvalue weighted by molar-refractivity contribution is 6.22. The number of nitrogens with one attached hydrogen (secondary N) is 2. The van der Waals surface area contributed by atoms with E-state index in [1.54, 1.807) is 26.0 Å². The van der Waals surface area contributed by atoms with Gasteiger partial charge in [-0.3, -0.25) is 14.4 Å². The number of ether oxygens (including phenoxy) is 1. The Kier molecular flexibility index (Phi) is 8.75. The highest BCUT2D eigenvalue weighted by atomic mass is 19.1. The third-order valence-electron chi connectivity index (χ3n) is 8.84. The number of esters is 1. The van der Waals surface area contributed by atoms with Crippen LogP contribution in [-0.2, 0) is 30.0 Å². The average Bonchev–Trinajstić information content (AvgIpc) is 3.33. The van der Waals surface area contributed by atoms with E-state index in [1.165, 1.54) is 7.11 Å². The van der Waals surface area contributed by atoms with E-state index in [4.69, 9.17) is 4.74 Å². The number of alkyl halides is 1. The van der Waals surface area contributed by atoms with Crippen molar-refractivity contribution in [3.05, 3.63) is 59.7 Å². The lowest BCUT2D eigenvalue weighted by molar-refractivity contribution is -0.152. The number of halogens is 1. The highest BCUT2D eigenvalue weighted by Crippen LogP contribution is 2.41. The topological polar surface area (TPSA) is 108 Å². The minimum absolute atomic E-state index is 0.0868. The lowest BCUT2D eigenvalue weighted by Crippen LogP contribution is -2.53. The molecule has 43 heavy (non-hydrogen) atoms. The standard InChI is InChI=1S/C23H32FN3O4.C10H11NO/c1-21(2,19(29)31-5)15-26-12-10-23(24,11-13-26)14-25-20(30)27-17-9-7-6-8-16(17)22(3,4)18(27)28;1-10(2)7-5-3-4-6-8(7)11-9(10)12/h6-9H,10-15H2,1-5H3,(H,25,30);3-6H,1-2H3,(H,11,12). The Morgan fingerprint density at radius 3 is 2.14 bits per heavy atom. The van der Waals surface area contributed by atoms with Crippen molar-refractivity contribution in [2.24, 2.45) is 5.41 Å². The zero-order chi connectivity index (χ0) is 31.8. The lowest BCUT2D eigenvalue weighted by atomic mass is 9.86. The van der Waals surface area contributed by atoms with E-state index in [-0.39, 0.29) is 42.6 Å². The molecule has 9 nitrogen and oxygen atoms in total. The number of hydrogen-bond acceptors (Lipinski definition) is 6. The number of benzene rings is 2. The second-order valence-corrected chi connectivity index (χ2v) is 13.4. The number of methoxy groups -OCH3 is 1. The third kappa shape index (κ3) is 6.30. The summed E-state index contributed by atoms with van der Waals surface area (Å²) in [6, 6.07) is 14.4. The van der Waals surface area contributed by atoms with Gasteiger partial charge in [-0.05, 0) is 77.6 Å². The molecular weight excluding hydrogens is 551 g/mol. The average molecular weight is 595 g/mol. The molecule has 2 N–H and O–H groups in total. The minimum atomic E-state index is -1.56. The molecule has 5 rings (SSSR count). The molecule has 3 aliphatic rings. The van der Waals surface area contributed by atoms with Gasteiger partial charge in [0.1, 0.15) is 5.67 Å². The fourth-order valence-electron chi connectivity index (χ4n) is 5.94. The predicted molar refractivity (Wildman–Crippen MR) is 164 cm³/mol. The van der Waals surface area contributed by atoms with Crippen LogP contribution in [0.3, 0.4) is 0 Å². The van der Waals surface area contributed by atoms with Crippen molar-refractivity contribution in [1.29, 1.82) is 0 Å². The van der Waals surface area contributed by atoms with Gasteiger partial charge in [-0.25, -0.2) is 14.1 Å². The van der Waals surface area contributed by atoms with Crippen LogP contribution in [0.15, 0.2) is 48.5 Å². The molecule has 0 bridgehead atoms. The van der Waals surface area contributed by atoms with Gasteiger partial charge in [-0.15, -0.1) is 0 Å². The number of urea groups is 1. The van der Waals surface area contributed by atoms with E-state index in [1.807, 2.05) is 69.0 Å². The second-order valence-electron chi connectivity index (χ2n) is 13.4. The first-order chi connectivity index (χ1) is 20.0. The first kappa shape index (κ1) is 32.1. The van der Waals surface area contributed by atoms with E-state index in [0.29, 0.717) is 25.3 Å². The van der Waals surface area contributed by atoms with Crippen LogP contribution in [0.25, 0.3) is 0 Å². The molecular formula is C33H43FN4O5. The van der Waals surface area contributed by atoms with E-state index in [0.717, 1.165) is 21.7 Å². The number of piperidine rings is 1. The third-order valence-corrected chi connectivity index (χ3v) is 8.84. The van der Waals surface area contributed by atoms with Crippen molar-refractivity contribution in [3.8, 4) is 0 Å². The lowest BCUT2D eigenvalue weighted by Gasteiger charge is -2.39. The Balaban J connectivity index is 0.000000292. The molecule has 3 aliphatic heterocycles. The van der Waals surface area contributed by atoms with Crippen molar-refractivity contribution in [1.82, 2.24) is 10.2 Å². The van der Waals surface area contributed by atoms with Crippen molar-refractivity contribution >= 4 is 35.2 Å². The SMILES string of the molecule is CC1(C)C(=O)Nc2ccccc21.COC(=O)C(C)(C)CN1CCC(F)(CNC(=O)N2C(=O)C(C)(C)c3ccccc32)CC1. The van der Waals surface area contributed by atoms with Crippen LogP contribution in [0, 0.1) is 5.41 Å². The maximum atomic E-state index is 15.4. The number of nitrogens with zero attached hydrogens (tertiary/aromatic N) is 2. The van der Waals surface area contributed by atoms with Crippen molar-refractivity contribution in [3.63, 3.8) is 0 Å². The first-order valence-corrected chi connectivity index (χ1v) is 14.7. The Labute approximate surface area is 253 Å². The Morgan fingerprint density at radius 1 is 0.953 bits per heavy atom. The number of carbonyl (C=O) groups is 4. The molecule has 0 atom stereocenters. The number of amides is 4.